The molecular weight excluding hydrogens is 148 g/mol. The number of hydrogen-bond donors (Lipinski definition) is 0. The smallest absolute Gasteiger partial charge is 0.176 e. The molecular formula is C7H14O4. The van der Waals surface area contributed by atoms with E-state index in [0.29, 0.717) is 0 Å². The normalized spacial score (nSPS) is 2.18. The fourth-order valence-corrected chi connectivity index (χ4v) is 0. The molecule has 0 N–H and O–H groups in total. The fourth-order valence-electron chi connectivity index (χ4n) is 0. The minimum Gasteiger partial charge on any atom is -0.307 e. The molecule has 0 bridgehead atoms. The van der Waals surface area contributed by atoms with Gasteiger partial charge in [-0.3, -0.25) is 0 Å². The molecule has 0 saturated carbocycles. The van der Waals surface area contributed by atoms with E-state index in [-0.39, 0.29) is 8.85 Å². The Morgan fingerprint density at radius 2 is 1.00 bits per heavy atom. The van der Waals surface area contributed by atoms with Crippen molar-refractivity contribution in [1.29, 1.82) is 0 Å². The monoisotopic (exact) mass is 162 g/mol. The van der Waals surface area contributed by atoms with Crippen molar-refractivity contribution in [2.24, 2.45) is 0 Å². The van der Waals surface area contributed by atoms with Crippen LogP contribution >= 0.6 is 0 Å². The average molecular weight is 162 g/mol. The molecule has 0 unspecified atom stereocenters. The van der Waals surface area contributed by atoms with Gasteiger partial charge < -0.3 is 14.4 Å². The molecule has 0 fully saturated rings. The van der Waals surface area contributed by atoms with Crippen molar-refractivity contribution in [1.82, 2.24) is 0 Å². The minimum absolute atomic E-state index is 0. The quantitative estimate of drug-likeness (QED) is 0.384. The molecule has 0 aliphatic heterocycles. The lowest BCUT2D eigenvalue weighted by atomic mass is 11.0. The molecule has 0 atom stereocenters. The molecule has 0 aliphatic rings. The first-order valence-corrected chi connectivity index (χ1v) is 1.67. The van der Waals surface area contributed by atoms with Crippen molar-refractivity contribution in [2.75, 3.05) is 0 Å². The SMILES string of the molecule is C.C=C=C=O.C=O.C=O.C=O.[HH]. The molecule has 0 saturated heterocycles. The molecule has 0 aromatic carbocycles. The van der Waals surface area contributed by atoms with Crippen molar-refractivity contribution >= 4 is 26.3 Å². The Bertz CT molecular complexity index is 91.2. The Balaban J connectivity index is -0.0000000101. The van der Waals surface area contributed by atoms with Crippen molar-refractivity contribution in [3.63, 3.8) is 0 Å². The zero-order valence-corrected chi connectivity index (χ0v) is 5.46. The second-order valence-corrected chi connectivity index (χ2v) is 0.279. The third kappa shape index (κ3) is 555. The Morgan fingerprint density at radius 3 is 1.00 bits per heavy atom. The molecule has 11 heavy (non-hydrogen) atoms. The largest absolute Gasteiger partial charge is 0.307 e. The lowest BCUT2D eigenvalue weighted by Gasteiger charge is -1.14. The molecule has 66 valence electrons. The summed E-state index contributed by atoms with van der Waals surface area (Å²) >= 11 is 0. The van der Waals surface area contributed by atoms with Crippen LogP contribution in [0.2, 0.25) is 0 Å². The molecule has 0 amide bonds. The lowest BCUT2D eigenvalue weighted by molar-refractivity contribution is -0.0987. The van der Waals surface area contributed by atoms with Crippen LogP contribution in [0, 0.1) is 0 Å². The van der Waals surface area contributed by atoms with Gasteiger partial charge >= 0.3 is 0 Å². The predicted molar refractivity (Wildman–Crippen MR) is 45.0 cm³/mol. The maximum atomic E-state index is 8.88. The highest BCUT2D eigenvalue weighted by Crippen LogP contribution is 1.15. The van der Waals surface area contributed by atoms with Gasteiger partial charge in [-0.1, -0.05) is 7.43 Å². The molecule has 0 heterocycles. The van der Waals surface area contributed by atoms with Gasteiger partial charge in [-0.25, -0.2) is 4.79 Å². The molecule has 0 radical (unpaired) electrons. The van der Waals surface area contributed by atoms with E-state index in [0.717, 1.165) is 0 Å². The number of carbonyl (C=O) groups is 3. The third-order valence-electron chi connectivity index (χ3n) is 0.0722. The van der Waals surface area contributed by atoms with E-state index in [9.17, 15) is 0 Å². The van der Waals surface area contributed by atoms with Gasteiger partial charge in [0.05, 0.1) is 0 Å². The summed E-state index contributed by atoms with van der Waals surface area (Å²) in [5, 5.41) is 0. The number of carbonyl (C=O) groups excluding carboxylic acids is 4. The third-order valence-corrected chi connectivity index (χ3v) is 0.0722. The van der Waals surface area contributed by atoms with E-state index in [1.165, 1.54) is 5.94 Å². The Labute approximate surface area is 67.7 Å². The molecule has 0 aromatic heterocycles. The van der Waals surface area contributed by atoms with E-state index < -0.39 is 0 Å². The Kier molecular flexibility index (Phi) is 23800. The summed E-state index contributed by atoms with van der Waals surface area (Å²) in [6.07, 6.45) is 0. The topological polar surface area (TPSA) is 68.3 Å². The fraction of sp³-hybridized carbons (Fsp3) is 0.143. The summed E-state index contributed by atoms with van der Waals surface area (Å²) in [7, 11) is 0. The highest BCUT2D eigenvalue weighted by Gasteiger charge is 1.17. The van der Waals surface area contributed by atoms with Gasteiger partial charge in [0.25, 0.3) is 0 Å². The van der Waals surface area contributed by atoms with Gasteiger partial charge in [0, 0.05) is 1.43 Å². The van der Waals surface area contributed by atoms with Crippen molar-refractivity contribution in [3.05, 3.63) is 12.3 Å². The lowest BCUT2D eigenvalue weighted by Crippen LogP contribution is -1.22. The van der Waals surface area contributed by atoms with Crippen LogP contribution < -0.4 is 0 Å². The van der Waals surface area contributed by atoms with Crippen LogP contribution in [-0.4, -0.2) is 26.3 Å². The van der Waals surface area contributed by atoms with Crippen LogP contribution in [0.3, 0.4) is 0 Å². The average Bonchev–Trinajstić information content (AvgIpc) is 2.14. The van der Waals surface area contributed by atoms with Crippen LogP contribution in [0.4, 0.5) is 0 Å². The van der Waals surface area contributed by atoms with E-state index in [1.54, 1.807) is 0 Å². The van der Waals surface area contributed by atoms with E-state index in [2.05, 4.69) is 6.58 Å². The summed E-state index contributed by atoms with van der Waals surface area (Å²) in [6.45, 7) is 8.93. The Morgan fingerprint density at radius 1 is 0.909 bits per heavy atom. The van der Waals surface area contributed by atoms with Crippen LogP contribution in [0.25, 0.3) is 0 Å². The Hall–Kier alpha value is -1.76. The summed E-state index contributed by atoms with van der Waals surface area (Å²) in [5.74, 6) is 1.32. The maximum absolute atomic E-state index is 8.88. The standard InChI is InChI=1S/C3H2O.3CH2O.CH4.H2/c1-2-3-4;3*1-2;;/h1H2;3*1H2;1H4;1H. The second-order valence-electron chi connectivity index (χ2n) is 0.279. The first-order valence-electron chi connectivity index (χ1n) is 1.67. The zero-order chi connectivity index (χ0) is 9.41. The van der Waals surface area contributed by atoms with Gasteiger partial charge in [-0.15, -0.1) is 0 Å². The van der Waals surface area contributed by atoms with Gasteiger partial charge in [0.1, 0.15) is 20.4 Å². The number of hydrogen-bond acceptors (Lipinski definition) is 4. The maximum Gasteiger partial charge on any atom is 0.176 e. The van der Waals surface area contributed by atoms with E-state index in [1.807, 2.05) is 26.1 Å². The van der Waals surface area contributed by atoms with Gasteiger partial charge in [0.15, 0.2) is 5.94 Å². The molecule has 0 aliphatic carbocycles. The van der Waals surface area contributed by atoms with Crippen LogP contribution in [0.1, 0.15) is 8.85 Å². The van der Waals surface area contributed by atoms with Crippen LogP contribution in [0.5, 0.6) is 0 Å². The minimum atomic E-state index is 0. The van der Waals surface area contributed by atoms with Gasteiger partial charge in [-0.2, -0.15) is 0 Å². The van der Waals surface area contributed by atoms with E-state index in [4.69, 9.17) is 19.2 Å². The van der Waals surface area contributed by atoms with Crippen LogP contribution in [-0.2, 0) is 19.2 Å². The number of rotatable bonds is 0. The highest BCUT2D eigenvalue weighted by molar-refractivity contribution is 5.42. The zero-order valence-electron chi connectivity index (χ0n) is 5.46. The second kappa shape index (κ2) is 7500. The van der Waals surface area contributed by atoms with Crippen LogP contribution in [0.15, 0.2) is 12.3 Å². The summed E-state index contributed by atoms with van der Waals surface area (Å²) in [5.41, 5.74) is 1.88. The van der Waals surface area contributed by atoms with Crippen molar-refractivity contribution in [2.45, 2.75) is 7.43 Å². The summed E-state index contributed by atoms with van der Waals surface area (Å²) in [6, 6.07) is 0. The molecule has 0 rings (SSSR count). The van der Waals surface area contributed by atoms with E-state index >= 15 is 0 Å². The van der Waals surface area contributed by atoms with Gasteiger partial charge in [-0.05, 0) is 12.3 Å². The summed E-state index contributed by atoms with van der Waals surface area (Å²) < 4.78 is 0. The van der Waals surface area contributed by atoms with Gasteiger partial charge in [0.2, 0.25) is 0 Å². The molecule has 4 nitrogen and oxygen atoms in total. The molecule has 4 heteroatoms. The van der Waals surface area contributed by atoms with Crippen molar-refractivity contribution in [3.8, 4) is 0 Å². The molecule has 0 aromatic rings. The first kappa shape index (κ1) is 34.9. The highest BCUT2D eigenvalue weighted by atomic mass is 16.1. The molecule has 0 spiro atoms. The first-order chi connectivity index (χ1) is 4.91. The van der Waals surface area contributed by atoms with Crippen molar-refractivity contribution < 1.29 is 20.6 Å². The predicted octanol–water partition coefficient (Wildman–Crippen LogP) is 0.486. The summed E-state index contributed by atoms with van der Waals surface area (Å²) in [4.78, 5) is 32.9.